The number of nitrogens with two attached hydrogens (primary N) is 1. The summed E-state index contributed by atoms with van der Waals surface area (Å²) < 4.78 is 10.1. The van der Waals surface area contributed by atoms with Gasteiger partial charge in [0.15, 0.2) is 0 Å². The summed E-state index contributed by atoms with van der Waals surface area (Å²) in [5, 5.41) is 3.09. The van der Waals surface area contributed by atoms with Gasteiger partial charge in [0.1, 0.15) is 11.4 Å². The second kappa shape index (κ2) is 8.31. The highest BCUT2D eigenvalue weighted by molar-refractivity contribution is 5.95. The fourth-order valence-corrected chi connectivity index (χ4v) is 1.51. The molecule has 0 bridgehead atoms. The molecular formula is C13H21N3O3. The molecule has 19 heavy (non-hydrogen) atoms. The lowest BCUT2D eigenvalue weighted by Crippen LogP contribution is -2.13. The molecule has 6 nitrogen and oxygen atoms in total. The van der Waals surface area contributed by atoms with E-state index in [1.54, 1.807) is 6.07 Å². The van der Waals surface area contributed by atoms with Crippen molar-refractivity contribution < 1.29 is 14.3 Å². The first-order valence-corrected chi connectivity index (χ1v) is 6.34. The van der Waals surface area contributed by atoms with Crippen LogP contribution in [0.25, 0.3) is 0 Å². The van der Waals surface area contributed by atoms with E-state index in [2.05, 4.69) is 17.2 Å². The smallest absolute Gasteiger partial charge is 0.341 e. The van der Waals surface area contributed by atoms with Gasteiger partial charge in [-0.1, -0.05) is 6.92 Å². The van der Waals surface area contributed by atoms with E-state index in [1.165, 1.54) is 13.3 Å². The molecule has 0 aliphatic rings. The Kier molecular flexibility index (Phi) is 6.67. The van der Waals surface area contributed by atoms with E-state index in [9.17, 15) is 4.79 Å². The number of nitrogens with zero attached hydrogens (tertiary/aromatic N) is 1. The van der Waals surface area contributed by atoms with Crippen LogP contribution in [0.2, 0.25) is 0 Å². The Labute approximate surface area is 113 Å². The van der Waals surface area contributed by atoms with Crippen molar-refractivity contribution in [2.45, 2.75) is 19.8 Å². The number of pyridine rings is 1. The summed E-state index contributed by atoms with van der Waals surface area (Å²) in [6.07, 6.45) is 3.36. The molecule has 1 aromatic heterocycles. The number of esters is 1. The normalized spacial score (nSPS) is 10.2. The van der Waals surface area contributed by atoms with Gasteiger partial charge < -0.3 is 20.5 Å². The third-order valence-electron chi connectivity index (χ3n) is 2.42. The van der Waals surface area contributed by atoms with E-state index in [0.29, 0.717) is 30.2 Å². The number of anilines is 2. The molecule has 6 heteroatoms. The molecule has 0 unspecified atom stereocenters. The first-order valence-electron chi connectivity index (χ1n) is 6.34. The number of carbonyl (C=O) groups excluding carboxylic acids is 1. The second-order valence-electron chi connectivity index (χ2n) is 4.05. The van der Waals surface area contributed by atoms with E-state index < -0.39 is 5.97 Å². The molecule has 0 spiro atoms. The maximum absolute atomic E-state index is 11.6. The third-order valence-corrected chi connectivity index (χ3v) is 2.42. The van der Waals surface area contributed by atoms with Crippen molar-refractivity contribution in [3.8, 4) is 0 Å². The number of carbonyl (C=O) groups is 1. The van der Waals surface area contributed by atoms with Gasteiger partial charge in [-0.15, -0.1) is 0 Å². The third kappa shape index (κ3) is 5.13. The van der Waals surface area contributed by atoms with Gasteiger partial charge in [-0.25, -0.2) is 9.78 Å². The monoisotopic (exact) mass is 267 g/mol. The van der Waals surface area contributed by atoms with Gasteiger partial charge in [-0.2, -0.15) is 0 Å². The maximum atomic E-state index is 11.6. The standard InChI is InChI=1S/C13H21N3O3/c1-3-6-19-7-4-5-15-12-11(13(17)18-2)8-10(14)9-16-12/h8-9H,3-7,14H2,1-2H3,(H,15,16). The number of hydrogen-bond acceptors (Lipinski definition) is 6. The van der Waals surface area contributed by atoms with E-state index in [1.807, 2.05) is 0 Å². The van der Waals surface area contributed by atoms with E-state index >= 15 is 0 Å². The predicted molar refractivity (Wildman–Crippen MR) is 74.2 cm³/mol. The van der Waals surface area contributed by atoms with Crippen LogP contribution in [0.15, 0.2) is 12.3 Å². The van der Waals surface area contributed by atoms with Crippen LogP contribution in [0, 0.1) is 0 Å². The Hall–Kier alpha value is -1.82. The number of rotatable bonds is 8. The minimum absolute atomic E-state index is 0.344. The lowest BCUT2D eigenvalue weighted by molar-refractivity contribution is 0.0601. The lowest BCUT2D eigenvalue weighted by atomic mass is 10.2. The Morgan fingerprint density at radius 1 is 1.47 bits per heavy atom. The highest BCUT2D eigenvalue weighted by atomic mass is 16.5. The topological polar surface area (TPSA) is 86.5 Å². The summed E-state index contributed by atoms with van der Waals surface area (Å²) in [6, 6.07) is 1.55. The van der Waals surface area contributed by atoms with Gasteiger partial charge >= 0.3 is 5.97 Å². The first-order chi connectivity index (χ1) is 9.19. The van der Waals surface area contributed by atoms with Crippen molar-refractivity contribution in [1.82, 2.24) is 4.98 Å². The number of ether oxygens (including phenoxy) is 2. The SMILES string of the molecule is CCCOCCCNc1ncc(N)cc1C(=O)OC. The molecule has 0 amide bonds. The molecule has 0 saturated carbocycles. The summed E-state index contributed by atoms with van der Waals surface area (Å²) in [5.41, 5.74) is 6.38. The van der Waals surface area contributed by atoms with Gasteiger partial charge in [-0.3, -0.25) is 0 Å². The average molecular weight is 267 g/mol. The highest BCUT2D eigenvalue weighted by Gasteiger charge is 2.13. The van der Waals surface area contributed by atoms with Crippen molar-refractivity contribution in [2.24, 2.45) is 0 Å². The molecule has 3 N–H and O–H groups in total. The van der Waals surface area contributed by atoms with Crippen LogP contribution in [0.4, 0.5) is 11.5 Å². The number of methoxy groups -OCH3 is 1. The Morgan fingerprint density at radius 3 is 2.95 bits per heavy atom. The molecule has 0 aliphatic heterocycles. The molecule has 106 valence electrons. The van der Waals surface area contributed by atoms with Crippen LogP contribution < -0.4 is 11.1 Å². The van der Waals surface area contributed by atoms with Crippen LogP contribution >= 0.6 is 0 Å². The van der Waals surface area contributed by atoms with Gasteiger partial charge in [0, 0.05) is 19.8 Å². The Bertz CT molecular complexity index is 410. The molecule has 0 aliphatic carbocycles. The lowest BCUT2D eigenvalue weighted by Gasteiger charge is -2.10. The van der Waals surface area contributed by atoms with E-state index in [4.69, 9.17) is 15.2 Å². The summed E-state index contributed by atoms with van der Waals surface area (Å²) >= 11 is 0. The zero-order valence-electron chi connectivity index (χ0n) is 11.4. The highest BCUT2D eigenvalue weighted by Crippen LogP contribution is 2.16. The molecule has 1 aromatic rings. The number of nitrogen functional groups attached to an aromatic ring is 1. The molecule has 0 fully saturated rings. The van der Waals surface area contributed by atoms with Crippen molar-refractivity contribution in [2.75, 3.05) is 37.9 Å². The summed E-state index contributed by atoms with van der Waals surface area (Å²) in [4.78, 5) is 15.7. The van der Waals surface area contributed by atoms with Crippen LogP contribution in [-0.4, -0.2) is 37.8 Å². The molecule has 0 radical (unpaired) electrons. The van der Waals surface area contributed by atoms with Crippen molar-refractivity contribution >= 4 is 17.5 Å². The Balaban J connectivity index is 2.50. The fraction of sp³-hybridized carbons (Fsp3) is 0.538. The molecular weight excluding hydrogens is 246 g/mol. The molecule has 0 saturated heterocycles. The zero-order valence-corrected chi connectivity index (χ0v) is 11.4. The number of nitrogens with one attached hydrogen (secondary N) is 1. The Morgan fingerprint density at radius 2 is 2.26 bits per heavy atom. The molecule has 1 rings (SSSR count). The van der Waals surface area contributed by atoms with Crippen LogP contribution in [0.1, 0.15) is 30.1 Å². The van der Waals surface area contributed by atoms with Crippen LogP contribution in [0.5, 0.6) is 0 Å². The summed E-state index contributed by atoms with van der Waals surface area (Å²) in [7, 11) is 1.33. The molecule has 1 heterocycles. The summed E-state index contributed by atoms with van der Waals surface area (Å²) in [6.45, 7) is 4.20. The van der Waals surface area contributed by atoms with E-state index in [0.717, 1.165) is 19.4 Å². The van der Waals surface area contributed by atoms with Crippen molar-refractivity contribution in [1.29, 1.82) is 0 Å². The largest absolute Gasteiger partial charge is 0.465 e. The van der Waals surface area contributed by atoms with Crippen LogP contribution in [-0.2, 0) is 9.47 Å². The van der Waals surface area contributed by atoms with Gasteiger partial charge in [-0.05, 0) is 18.9 Å². The number of aromatic nitrogens is 1. The average Bonchev–Trinajstić information content (AvgIpc) is 2.43. The number of hydrogen-bond donors (Lipinski definition) is 2. The quantitative estimate of drug-likeness (QED) is 0.550. The predicted octanol–water partition coefficient (Wildman–Crippen LogP) is 1.68. The van der Waals surface area contributed by atoms with E-state index in [-0.39, 0.29) is 0 Å². The van der Waals surface area contributed by atoms with Crippen molar-refractivity contribution in [3.05, 3.63) is 17.8 Å². The molecule has 0 aromatic carbocycles. The summed E-state index contributed by atoms with van der Waals surface area (Å²) in [5.74, 6) is 0.0288. The van der Waals surface area contributed by atoms with Gasteiger partial charge in [0.2, 0.25) is 0 Å². The minimum atomic E-state index is -0.454. The van der Waals surface area contributed by atoms with Crippen molar-refractivity contribution in [3.63, 3.8) is 0 Å². The first kappa shape index (κ1) is 15.2. The van der Waals surface area contributed by atoms with Gasteiger partial charge in [0.25, 0.3) is 0 Å². The maximum Gasteiger partial charge on any atom is 0.341 e. The van der Waals surface area contributed by atoms with Crippen LogP contribution in [0.3, 0.4) is 0 Å². The zero-order chi connectivity index (χ0) is 14.1. The molecule has 0 atom stereocenters. The van der Waals surface area contributed by atoms with Gasteiger partial charge in [0.05, 0.1) is 19.0 Å². The minimum Gasteiger partial charge on any atom is -0.465 e. The fourth-order valence-electron chi connectivity index (χ4n) is 1.51. The second-order valence-corrected chi connectivity index (χ2v) is 4.05.